The van der Waals surface area contributed by atoms with Gasteiger partial charge in [0, 0.05) is 21.9 Å². The van der Waals surface area contributed by atoms with Crippen LogP contribution < -0.4 is 4.90 Å². The van der Waals surface area contributed by atoms with E-state index >= 15 is 0 Å². The molecule has 0 bridgehead atoms. The molecule has 2 nitrogen and oxygen atoms in total. The Balaban J connectivity index is 1.57. The average molecular weight is 504 g/mol. The minimum atomic E-state index is 0.0801. The molecule has 7 rings (SSSR count). The quantitative estimate of drug-likeness (QED) is 0.217. The van der Waals surface area contributed by atoms with E-state index in [1.807, 2.05) is 0 Å². The first-order chi connectivity index (χ1) is 19.2. The van der Waals surface area contributed by atoms with Crippen LogP contribution in [0.15, 0.2) is 133 Å². The van der Waals surface area contributed by atoms with Crippen LogP contribution >= 0.6 is 0 Å². The van der Waals surface area contributed by atoms with Crippen LogP contribution in [0.25, 0.3) is 21.5 Å². The van der Waals surface area contributed by atoms with E-state index in [0.29, 0.717) is 0 Å². The molecule has 1 heterocycles. The monoisotopic (exact) mass is 503 g/mol. The third-order valence-electron chi connectivity index (χ3n) is 8.15. The highest BCUT2D eigenvalue weighted by atomic mass is 15.3. The van der Waals surface area contributed by atoms with Crippen LogP contribution in [0, 0.1) is 13.8 Å². The molecule has 39 heavy (non-hydrogen) atoms. The van der Waals surface area contributed by atoms with E-state index in [-0.39, 0.29) is 12.1 Å². The summed E-state index contributed by atoms with van der Waals surface area (Å²) in [6.45, 7) is 4.47. The van der Waals surface area contributed by atoms with E-state index in [9.17, 15) is 0 Å². The summed E-state index contributed by atoms with van der Waals surface area (Å²) in [5.74, 6) is 0. The maximum Gasteiger partial charge on any atom is 0.245 e. The second-order valence-corrected chi connectivity index (χ2v) is 10.5. The minimum absolute atomic E-state index is 0.0801. The Hall–Kier alpha value is -4.69. The van der Waals surface area contributed by atoms with Gasteiger partial charge in [0.25, 0.3) is 0 Å². The molecule has 0 aromatic heterocycles. The van der Waals surface area contributed by atoms with Gasteiger partial charge in [-0.05, 0) is 35.7 Å². The highest BCUT2D eigenvalue weighted by Gasteiger charge is 2.47. The number of anilines is 1. The third kappa shape index (κ3) is 3.92. The Morgan fingerprint density at radius 1 is 0.513 bits per heavy atom. The fourth-order valence-electron chi connectivity index (χ4n) is 6.38. The van der Waals surface area contributed by atoms with Gasteiger partial charge in [-0.15, -0.1) is 0 Å². The number of aryl methyl sites for hydroxylation is 2. The molecule has 2 atom stereocenters. The van der Waals surface area contributed by atoms with E-state index in [1.54, 1.807) is 0 Å². The van der Waals surface area contributed by atoms with E-state index in [4.69, 9.17) is 0 Å². The smallest absolute Gasteiger partial charge is 0.221 e. The Morgan fingerprint density at radius 3 is 1.74 bits per heavy atom. The lowest BCUT2D eigenvalue weighted by Gasteiger charge is -2.26. The van der Waals surface area contributed by atoms with Gasteiger partial charge < -0.3 is 0 Å². The van der Waals surface area contributed by atoms with Gasteiger partial charge in [0.2, 0.25) is 6.34 Å². The number of hydrogen-bond donors (Lipinski definition) is 0. The molecule has 188 valence electrons. The van der Waals surface area contributed by atoms with Crippen molar-refractivity contribution in [2.75, 3.05) is 4.90 Å². The zero-order valence-corrected chi connectivity index (χ0v) is 22.3. The van der Waals surface area contributed by atoms with Crippen molar-refractivity contribution in [3.8, 4) is 0 Å². The molecule has 1 aliphatic rings. The van der Waals surface area contributed by atoms with Crippen LogP contribution in [0.4, 0.5) is 11.4 Å². The standard InChI is InChI=1S/C37H31N2/c1-26-21-23-28-13-9-11-19-32(28)34(26)38-25-39(35-27(2)22-24-29-14-10-12-20-33(29)35)37(31-17-7-4-8-18-31)36(38)30-15-5-3-6-16-30/h3-25,36-37H,1-2H3/q+1/t36-,37-/m1/s1. The predicted octanol–water partition coefficient (Wildman–Crippen LogP) is 9.28. The molecule has 0 spiro atoms. The summed E-state index contributed by atoms with van der Waals surface area (Å²) in [5, 5.41) is 5.07. The predicted molar refractivity (Wildman–Crippen MR) is 164 cm³/mol. The summed E-state index contributed by atoms with van der Waals surface area (Å²) in [4.78, 5) is 2.53. The van der Waals surface area contributed by atoms with E-state index in [2.05, 4.69) is 163 Å². The van der Waals surface area contributed by atoms with Gasteiger partial charge in [0.1, 0.15) is 11.4 Å². The van der Waals surface area contributed by atoms with Crippen molar-refractivity contribution in [2.24, 2.45) is 0 Å². The Labute approximate surface area is 230 Å². The van der Waals surface area contributed by atoms with E-state index in [0.717, 1.165) is 0 Å². The fourth-order valence-corrected chi connectivity index (χ4v) is 6.38. The van der Waals surface area contributed by atoms with Crippen LogP contribution in [0.5, 0.6) is 0 Å². The summed E-state index contributed by atoms with van der Waals surface area (Å²) in [6, 6.07) is 48.7. The first-order valence-corrected chi connectivity index (χ1v) is 13.7. The van der Waals surface area contributed by atoms with E-state index < -0.39 is 0 Å². The van der Waals surface area contributed by atoms with Gasteiger partial charge in [-0.3, -0.25) is 0 Å². The van der Waals surface area contributed by atoms with Crippen molar-refractivity contribution in [1.82, 2.24) is 0 Å². The first kappa shape index (κ1) is 23.4. The van der Waals surface area contributed by atoms with Crippen molar-refractivity contribution in [2.45, 2.75) is 25.9 Å². The van der Waals surface area contributed by atoms with Gasteiger partial charge in [0.05, 0.1) is 0 Å². The molecule has 6 aromatic rings. The van der Waals surface area contributed by atoms with Crippen LogP contribution in [0.3, 0.4) is 0 Å². The van der Waals surface area contributed by atoms with Crippen LogP contribution in [0.1, 0.15) is 34.3 Å². The zero-order valence-electron chi connectivity index (χ0n) is 22.3. The lowest BCUT2D eigenvalue weighted by molar-refractivity contribution is -0.480. The summed E-state index contributed by atoms with van der Waals surface area (Å²) < 4.78 is 2.53. The van der Waals surface area contributed by atoms with Gasteiger partial charge in [0.15, 0.2) is 12.1 Å². The number of benzene rings is 6. The van der Waals surface area contributed by atoms with Crippen molar-refractivity contribution >= 4 is 39.3 Å². The molecule has 0 amide bonds. The molecule has 0 fully saturated rings. The van der Waals surface area contributed by atoms with Crippen molar-refractivity contribution in [3.63, 3.8) is 0 Å². The zero-order chi connectivity index (χ0) is 26.3. The molecular formula is C37H31N2+. The molecule has 0 aliphatic carbocycles. The van der Waals surface area contributed by atoms with Crippen LogP contribution in [-0.2, 0) is 0 Å². The van der Waals surface area contributed by atoms with Crippen molar-refractivity contribution in [3.05, 3.63) is 156 Å². The molecule has 1 aliphatic heterocycles. The maximum absolute atomic E-state index is 2.53. The second-order valence-electron chi connectivity index (χ2n) is 10.5. The van der Waals surface area contributed by atoms with Crippen LogP contribution in [-0.4, -0.2) is 10.9 Å². The summed E-state index contributed by atoms with van der Waals surface area (Å²) in [5.41, 5.74) is 7.68. The molecule has 0 saturated carbocycles. The number of fused-ring (bicyclic) bond motifs is 2. The van der Waals surface area contributed by atoms with Crippen molar-refractivity contribution in [1.29, 1.82) is 0 Å². The minimum Gasteiger partial charge on any atom is -0.221 e. The Morgan fingerprint density at radius 2 is 1.05 bits per heavy atom. The fraction of sp³-hybridized carbons (Fsp3) is 0.108. The number of rotatable bonds is 4. The van der Waals surface area contributed by atoms with Crippen LogP contribution in [0.2, 0.25) is 0 Å². The summed E-state index contributed by atoms with van der Waals surface area (Å²) >= 11 is 0. The summed E-state index contributed by atoms with van der Waals surface area (Å²) in [7, 11) is 0. The third-order valence-corrected chi connectivity index (χ3v) is 8.15. The lowest BCUT2D eigenvalue weighted by Crippen LogP contribution is -2.27. The second kappa shape index (κ2) is 9.56. The summed E-state index contributed by atoms with van der Waals surface area (Å²) in [6.07, 6.45) is 2.37. The Kier molecular flexibility index (Phi) is 5.74. The van der Waals surface area contributed by atoms with Gasteiger partial charge in [-0.1, -0.05) is 133 Å². The lowest BCUT2D eigenvalue weighted by atomic mass is 9.91. The molecule has 0 unspecified atom stereocenters. The van der Waals surface area contributed by atoms with Gasteiger partial charge >= 0.3 is 0 Å². The molecule has 0 N–H and O–H groups in total. The van der Waals surface area contributed by atoms with E-state index in [1.165, 1.54) is 55.2 Å². The van der Waals surface area contributed by atoms with Crippen molar-refractivity contribution < 1.29 is 4.58 Å². The molecule has 0 radical (unpaired) electrons. The highest BCUT2D eigenvalue weighted by molar-refractivity contribution is 6.02. The molecule has 0 saturated heterocycles. The largest absolute Gasteiger partial charge is 0.245 e. The van der Waals surface area contributed by atoms with Gasteiger partial charge in [-0.2, -0.15) is 0 Å². The average Bonchev–Trinajstić information content (AvgIpc) is 3.37. The molecule has 6 aromatic carbocycles. The maximum atomic E-state index is 2.53. The number of hydrogen-bond acceptors (Lipinski definition) is 1. The highest BCUT2D eigenvalue weighted by Crippen LogP contribution is 2.48. The molecule has 2 heteroatoms. The first-order valence-electron chi connectivity index (χ1n) is 13.7. The topological polar surface area (TPSA) is 6.25 Å². The normalized spacial score (nSPS) is 17.1. The molecular weight excluding hydrogens is 472 g/mol. The Bertz CT molecular complexity index is 1840. The van der Waals surface area contributed by atoms with Gasteiger partial charge in [-0.25, -0.2) is 9.48 Å². The SMILES string of the molecule is Cc1ccc2ccccc2c1N1C=[N+](c2c(C)ccc3ccccc23)[C@H](c2ccccc2)[C@H]1c1ccccc1. The number of nitrogens with zero attached hydrogens (tertiary/aromatic N) is 2.